The number of hydrogen-bond donors (Lipinski definition) is 1. The summed E-state index contributed by atoms with van der Waals surface area (Å²) in [5.41, 5.74) is 2.64. The molecule has 0 aromatic heterocycles. The van der Waals surface area contributed by atoms with Crippen LogP contribution in [0.5, 0.6) is 11.5 Å². The Bertz CT molecular complexity index is 1260. The van der Waals surface area contributed by atoms with Gasteiger partial charge in [0.1, 0.15) is 5.82 Å². The molecule has 0 aliphatic carbocycles. The number of nitrogens with zero attached hydrogens (tertiary/aromatic N) is 1. The Morgan fingerprint density at radius 1 is 1.08 bits per heavy atom. The summed E-state index contributed by atoms with van der Waals surface area (Å²) < 4.78 is 31.1. The summed E-state index contributed by atoms with van der Waals surface area (Å²) in [4.78, 5) is 26.9. The van der Waals surface area contributed by atoms with Crippen molar-refractivity contribution in [1.29, 1.82) is 0 Å². The fraction of sp³-hybridized carbons (Fsp3) is 0.259. The zero-order valence-electron chi connectivity index (χ0n) is 20.1. The minimum atomic E-state index is -0.805. The molecular formula is C27H26ClFN2O5. The predicted molar refractivity (Wildman–Crippen MR) is 135 cm³/mol. The number of hydrogen-bond acceptors (Lipinski definition) is 5. The van der Waals surface area contributed by atoms with Crippen LogP contribution < -0.4 is 14.8 Å². The number of halogens is 2. The third-order valence-electron chi connectivity index (χ3n) is 6.06. The number of carbonyl (C=O) groups is 2. The number of rotatable bonds is 6. The van der Waals surface area contributed by atoms with Crippen molar-refractivity contribution < 1.29 is 28.2 Å². The molecule has 7 nitrogen and oxygen atoms in total. The van der Waals surface area contributed by atoms with Gasteiger partial charge in [-0.25, -0.2) is 14.0 Å². The van der Waals surface area contributed by atoms with Gasteiger partial charge >= 0.3 is 12.0 Å². The second kappa shape index (κ2) is 10.9. The molecule has 4 rings (SSSR count). The van der Waals surface area contributed by atoms with Gasteiger partial charge in [-0.2, -0.15) is 0 Å². The summed E-state index contributed by atoms with van der Waals surface area (Å²) in [6.45, 7) is 2.31. The first kappa shape index (κ1) is 25.3. The molecule has 2 amide bonds. The molecule has 1 heterocycles. The highest BCUT2D eigenvalue weighted by Gasteiger charge is 2.36. The van der Waals surface area contributed by atoms with Gasteiger partial charge in [-0.1, -0.05) is 17.7 Å². The maximum atomic E-state index is 15.2. The Kier molecular flexibility index (Phi) is 7.64. The predicted octanol–water partition coefficient (Wildman–Crippen LogP) is 5.85. The number of urea groups is 1. The van der Waals surface area contributed by atoms with E-state index in [0.717, 1.165) is 5.56 Å². The average molecular weight is 513 g/mol. The first-order valence-corrected chi connectivity index (χ1v) is 11.8. The molecule has 0 spiro atoms. The zero-order valence-corrected chi connectivity index (χ0v) is 20.9. The number of anilines is 1. The Balaban J connectivity index is 1.72. The van der Waals surface area contributed by atoms with E-state index in [1.165, 1.54) is 24.1 Å². The number of nitrogens with one attached hydrogen (secondary N) is 1. The average Bonchev–Trinajstić information content (AvgIpc) is 2.88. The molecule has 1 N–H and O–H groups in total. The lowest BCUT2D eigenvalue weighted by Gasteiger charge is -2.38. The quantitative estimate of drug-likeness (QED) is 0.419. The molecule has 3 aromatic carbocycles. The lowest BCUT2D eigenvalue weighted by molar-refractivity contribution is 0.0526. The van der Waals surface area contributed by atoms with Crippen molar-refractivity contribution in [1.82, 2.24) is 4.90 Å². The number of ether oxygens (including phenoxy) is 3. The molecule has 1 aliphatic heterocycles. The van der Waals surface area contributed by atoms with Gasteiger partial charge in [0.2, 0.25) is 0 Å². The monoisotopic (exact) mass is 512 g/mol. The summed E-state index contributed by atoms with van der Waals surface area (Å²) in [5.74, 6) is 0.0492. The number of carbonyl (C=O) groups excluding carboxylic acids is 2. The third-order valence-corrected chi connectivity index (χ3v) is 6.38. The molecule has 1 aliphatic rings. The number of benzene rings is 3. The Morgan fingerprint density at radius 3 is 2.42 bits per heavy atom. The Morgan fingerprint density at radius 2 is 1.78 bits per heavy atom. The van der Waals surface area contributed by atoms with Crippen LogP contribution in [0.4, 0.5) is 14.9 Å². The fourth-order valence-corrected chi connectivity index (χ4v) is 4.61. The van der Waals surface area contributed by atoms with E-state index in [4.69, 9.17) is 25.8 Å². The maximum absolute atomic E-state index is 15.2. The second-order valence-electron chi connectivity index (χ2n) is 8.12. The molecule has 1 atom stereocenters. The topological polar surface area (TPSA) is 77.1 Å². The van der Waals surface area contributed by atoms with E-state index in [0.29, 0.717) is 41.3 Å². The zero-order chi connectivity index (χ0) is 25.8. The molecule has 0 unspecified atom stereocenters. The summed E-state index contributed by atoms with van der Waals surface area (Å²) in [5, 5.41) is 3.05. The van der Waals surface area contributed by atoms with Crippen LogP contribution in [0.25, 0.3) is 0 Å². The first-order chi connectivity index (χ1) is 17.4. The lowest BCUT2D eigenvalue weighted by Crippen LogP contribution is -2.43. The molecule has 0 saturated heterocycles. The van der Waals surface area contributed by atoms with E-state index in [9.17, 15) is 9.59 Å². The van der Waals surface area contributed by atoms with Crippen molar-refractivity contribution in [3.05, 3.63) is 87.7 Å². The van der Waals surface area contributed by atoms with Gasteiger partial charge in [0.05, 0.1) is 32.4 Å². The summed E-state index contributed by atoms with van der Waals surface area (Å²) in [6, 6.07) is 13.2. The number of amides is 2. The SMILES string of the molecule is CCOC(=O)c1ccc(NC(=O)N2CCc3cc(OC)c(OC)cc3[C@@H]2c2c(F)cccc2Cl)cc1. The van der Waals surface area contributed by atoms with Crippen LogP contribution in [0.3, 0.4) is 0 Å². The van der Waals surface area contributed by atoms with E-state index < -0.39 is 23.9 Å². The highest BCUT2D eigenvalue weighted by molar-refractivity contribution is 6.31. The second-order valence-corrected chi connectivity index (χ2v) is 8.52. The van der Waals surface area contributed by atoms with Crippen LogP contribution in [-0.4, -0.2) is 44.3 Å². The normalized spacial score (nSPS) is 14.6. The number of esters is 1. The van der Waals surface area contributed by atoms with Crippen LogP contribution >= 0.6 is 11.6 Å². The van der Waals surface area contributed by atoms with Gasteiger partial charge in [-0.3, -0.25) is 0 Å². The van der Waals surface area contributed by atoms with E-state index in [1.807, 2.05) is 6.07 Å². The Hall–Kier alpha value is -3.78. The van der Waals surface area contributed by atoms with Crippen molar-refractivity contribution in [2.75, 3.05) is 32.7 Å². The fourth-order valence-electron chi connectivity index (χ4n) is 4.35. The lowest BCUT2D eigenvalue weighted by atomic mass is 9.87. The molecule has 9 heteroatoms. The first-order valence-electron chi connectivity index (χ1n) is 11.4. The molecule has 188 valence electrons. The van der Waals surface area contributed by atoms with Crippen LogP contribution in [0, 0.1) is 5.82 Å². The molecule has 0 saturated carbocycles. The third kappa shape index (κ3) is 4.95. The number of fused-ring (bicyclic) bond motifs is 1. The molecular weight excluding hydrogens is 487 g/mol. The van der Waals surface area contributed by atoms with Gasteiger partial charge < -0.3 is 24.4 Å². The van der Waals surface area contributed by atoms with Crippen LogP contribution in [-0.2, 0) is 11.2 Å². The van der Waals surface area contributed by atoms with Crippen LogP contribution in [0.2, 0.25) is 5.02 Å². The molecule has 0 bridgehead atoms. The van der Waals surface area contributed by atoms with Crippen LogP contribution in [0.1, 0.15) is 40.0 Å². The maximum Gasteiger partial charge on any atom is 0.338 e. The Labute approximate surface area is 213 Å². The summed E-state index contributed by atoms with van der Waals surface area (Å²) >= 11 is 6.47. The van der Waals surface area contributed by atoms with E-state index >= 15 is 4.39 Å². The minimum absolute atomic E-state index is 0.195. The minimum Gasteiger partial charge on any atom is -0.493 e. The smallest absolute Gasteiger partial charge is 0.338 e. The van der Waals surface area contributed by atoms with Crippen molar-refractivity contribution in [2.45, 2.75) is 19.4 Å². The molecule has 36 heavy (non-hydrogen) atoms. The van der Waals surface area contributed by atoms with Gasteiger partial charge in [-0.05, 0) is 73.0 Å². The van der Waals surface area contributed by atoms with Crippen molar-refractivity contribution in [3.8, 4) is 11.5 Å². The van der Waals surface area contributed by atoms with Crippen molar-refractivity contribution >= 4 is 29.3 Å². The molecule has 3 aromatic rings. The van der Waals surface area contributed by atoms with Gasteiger partial charge in [0.25, 0.3) is 0 Å². The highest BCUT2D eigenvalue weighted by Crippen LogP contribution is 2.43. The van der Waals surface area contributed by atoms with Crippen molar-refractivity contribution in [2.24, 2.45) is 0 Å². The number of methoxy groups -OCH3 is 2. The highest BCUT2D eigenvalue weighted by atomic mass is 35.5. The molecule has 0 radical (unpaired) electrons. The van der Waals surface area contributed by atoms with Gasteiger partial charge in [-0.15, -0.1) is 0 Å². The van der Waals surface area contributed by atoms with Gasteiger partial charge in [0, 0.05) is 22.8 Å². The van der Waals surface area contributed by atoms with E-state index in [1.54, 1.807) is 50.4 Å². The van der Waals surface area contributed by atoms with E-state index in [2.05, 4.69) is 5.32 Å². The van der Waals surface area contributed by atoms with E-state index in [-0.39, 0.29) is 17.2 Å². The molecule has 0 fully saturated rings. The summed E-state index contributed by atoms with van der Waals surface area (Å²) in [6.07, 6.45) is 0.521. The standard InChI is InChI=1S/C27H26ClFN2O5/c1-4-36-26(32)16-8-10-18(11-9-16)30-27(33)31-13-12-17-14-22(34-2)23(35-3)15-19(17)25(31)24-20(28)6-5-7-21(24)29/h5-11,14-15,25H,4,12-13H2,1-3H3,(H,30,33)/t25-/m1/s1. The van der Waals surface area contributed by atoms with Crippen molar-refractivity contribution in [3.63, 3.8) is 0 Å². The van der Waals surface area contributed by atoms with Crippen LogP contribution in [0.15, 0.2) is 54.6 Å². The summed E-state index contributed by atoms with van der Waals surface area (Å²) in [7, 11) is 3.06. The van der Waals surface area contributed by atoms with Gasteiger partial charge in [0.15, 0.2) is 11.5 Å². The largest absolute Gasteiger partial charge is 0.493 e.